The van der Waals surface area contributed by atoms with E-state index in [0.717, 1.165) is 0 Å². The van der Waals surface area contributed by atoms with Crippen molar-refractivity contribution in [1.29, 1.82) is 0 Å². The zero-order valence-corrected chi connectivity index (χ0v) is 11.5. The van der Waals surface area contributed by atoms with E-state index < -0.39 is 5.82 Å². The SMILES string of the molecule is NCc1ccc(Oc2ncc(Cl)cc2Br)cc1F. The van der Waals surface area contributed by atoms with Crippen LogP contribution >= 0.6 is 27.5 Å². The highest BCUT2D eigenvalue weighted by Gasteiger charge is 2.07. The Morgan fingerprint density at radius 2 is 2.17 bits per heavy atom. The largest absolute Gasteiger partial charge is 0.438 e. The number of hydrogen-bond acceptors (Lipinski definition) is 3. The Morgan fingerprint density at radius 1 is 1.39 bits per heavy atom. The minimum absolute atomic E-state index is 0.148. The molecule has 0 amide bonds. The van der Waals surface area contributed by atoms with Crippen LogP contribution in [0.1, 0.15) is 5.56 Å². The smallest absolute Gasteiger partial charge is 0.233 e. The van der Waals surface area contributed by atoms with Gasteiger partial charge in [-0.15, -0.1) is 0 Å². The van der Waals surface area contributed by atoms with Gasteiger partial charge in [-0.1, -0.05) is 17.7 Å². The monoisotopic (exact) mass is 330 g/mol. The molecule has 94 valence electrons. The van der Waals surface area contributed by atoms with Crippen molar-refractivity contribution < 1.29 is 9.13 Å². The normalized spacial score (nSPS) is 10.4. The molecular weight excluding hydrogens is 322 g/mol. The molecule has 0 aliphatic carbocycles. The van der Waals surface area contributed by atoms with Crippen molar-refractivity contribution in [3.8, 4) is 11.6 Å². The number of benzene rings is 1. The van der Waals surface area contributed by atoms with Gasteiger partial charge in [-0.3, -0.25) is 0 Å². The van der Waals surface area contributed by atoms with Gasteiger partial charge in [0.15, 0.2) is 0 Å². The molecule has 0 aliphatic heterocycles. The lowest BCUT2D eigenvalue weighted by molar-refractivity contribution is 0.454. The fourth-order valence-electron chi connectivity index (χ4n) is 1.35. The highest BCUT2D eigenvalue weighted by atomic mass is 79.9. The molecule has 3 nitrogen and oxygen atoms in total. The molecule has 0 radical (unpaired) electrons. The summed E-state index contributed by atoms with van der Waals surface area (Å²) in [5.74, 6) is 0.264. The minimum atomic E-state index is -0.403. The molecule has 0 saturated carbocycles. The average Bonchev–Trinajstić information content (AvgIpc) is 2.33. The maximum Gasteiger partial charge on any atom is 0.233 e. The van der Waals surface area contributed by atoms with E-state index in [-0.39, 0.29) is 6.54 Å². The van der Waals surface area contributed by atoms with Gasteiger partial charge < -0.3 is 10.5 Å². The third kappa shape index (κ3) is 2.98. The number of rotatable bonds is 3. The molecule has 6 heteroatoms. The van der Waals surface area contributed by atoms with Gasteiger partial charge in [0.25, 0.3) is 0 Å². The Balaban J connectivity index is 2.26. The van der Waals surface area contributed by atoms with Crippen molar-refractivity contribution in [3.05, 3.63) is 51.3 Å². The van der Waals surface area contributed by atoms with Crippen molar-refractivity contribution in [2.45, 2.75) is 6.54 Å². The van der Waals surface area contributed by atoms with E-state index in [1.54, 1.807) is 18.2 Å². The molecule has 0 aliphatic rings. The van der Waals surface area contributed by atoms with Gasteiger partial charge in [-0.05, 0) is 28.1 Å². The fraction of sp³-hybridized carbons (Fsp3) is 0.0833. The second kappa shape index (κ2) is 5.65. The second-order valence-electron chi connectivity index (χ2n) is 3.50. The molecule has 2 rings (SSSR count). The standard InChI is InChI=1S/C12H9BrClFN2O/c13-10-3-8(14)6-17-12(10)18-9-2-1-7(5-16)11(15)4-9/h1-4,6H,5,16H2. The van der Waals surface area contributed by atoms with E-state index >= 15 is 0 Å². The first-order valence-electron chi connectivity index (χ1n) is 5.07. The molecule has 0 spiro atoms. The molecule has 1 aromatic heterocycles. The average molecular weight is 332 g/mol. The molecule has 18 heavy (non-hydrogen) atoms. The lowest BCUT2D eigenvalue weighted by atomic mass is 10.2. The van der Waals surface area contributed by atoms with Crippen LogP contribution in [0.2, 0.25) is 5.02 Å². The van der Waals surface area contributed by atoms with Gasteiger partial charge in [0.2, 0.25) is 5.88 Å². The number of aromatic nitrogens is 1. The number of pyridine rings is 1. The third-order valence-electron chi connectivity index (χ3n) is 2.23. The first-order chi connectivity index (χ1) is 8.60. The van der Waals surface area contributed by atoms with E-state index in [0.29, 0.717) is 26.7 Å². The molecule has 0 saturated heterocycles. The topological polar surface area (TPSA) is 48.1 Å². The van der Waals surface area contributed by atoms with Crippen LogP contribution in [-0.2, 0) is 6.54 Å². The maximum atomic E-state index is 13.5. The van der Waals surface area contributed by atoms with E-state index in [1.165, 1.54) is 12.3 Å². The van der Waals surface area contributed by atoms with E-state index in [9.17, 15) is 4.39 Å². The molecule has 2 aromatic rings. The highest BCUT2D eigenvalue weighted by Crippen LogP contribution is 2.30. The first kappa shape index (κ1) is 13.3. The van der Waals surface area contributed by atoms with Crippen LogP contribution in [-0.4, -0.2) is 4.98 Å². The molecule has 0 fully saturated rings. The summed E-state index contributed by atoms with van der Waals surface area (Å²) >= 11 is 9.03. The van der Waals surface area contributed by atoms with Crippen molar-refractivity contribution in [1.82, 2.24) is 4.98 Å². The Hall–Kier alpha value is -1.17. The molecule has 0 unspecified atom stereocenters. The Bertz CT molecular complexity index is 580. The van der Waals surface area contributed by atoms with E-state index in [4.69, 9.17) is 22.1 Å². The zero-order valence-electron chi connectivity index (χ0n) is 9.16. The molecular formula is C12H9BrClFN2O. The van der Waals surface area contributed by atoms with Crippen LogP contribution in [0.15, 0.2) is 34.9 Å². The summed E-state index contributed by atoms with van der Waals surface area (Å²) < 4.78 is 19.5. The van der Waals surface area contributed by atoms with Gasteiger partial charge in [-0.25, -0.2) is 9.37 Å². The summed E-state index contributed by atoms with van der Waals surface area (Å²) in [6.45, 7) is 0.148. The molecule has 0 bridgehead atoms. The number of ether oxygens (including phenoxy) is 1. The number of halogens is 3. The van der Waals surface area contributed by atoms with Crippen molar-refractivity contribution in [3.63, 3.8) is 0 Å². The van der Waals surface area contributed by atoms with Gasteiger partial charge in [0.05, 0.1) is 9.50 Å². The van der Waals surface area contributed by atoms with Gasteiger partial charge in [-0.2, -0.15) is 0 Å². The number of nitrogens with two attached hydrogens (primary N) is 1. The summed E-state index contributed by atoms with van der Waals surface area (Å²) in [5.41, 5.74) is 5.81. The molecule has 2 N–H and O–H groups in total. The highest BCUT2D eigenvalue weighted by molar-refractivity contribution is 9.10. The summed E-state index contributed by atoms with van der Waals surface area (Å²) in [7, 11) is 0. The summed E-state index contributed by atoms with van der Waals surface area (Å²) in [5, 5.41) is 0.485. The van der Waals surface area contributed by atoms with Gasteiger partial charge in [0.1, 0.15) is 11.6 Å². The molecule has 1 aromatic carbocycles. The first-order valence-corrected chi connectivity index (χ1v) is 6.24. The fourth-order valence-corrected chi connectivity index (χ4v) is 2.07. The lowest BCUT2D eigenvalue weighted by Gasteiger charge is -2.08. The van der Waals surface area contributed by atoms with Crippen LogP contribution in [0.4, 0.5) is 4.39 Å². The Labute approximate surface area is 117 Å². The Kier molecular flexibility index (Phi) is 4.16. The second-order valence-corrected chi connectivity index (χ2v) is 4.79. The van der Waals surface area contributed by atoms with Gasteiger partial charge >= 0.3 is 0 Å². The van der Waals surface area contributed by atoms with Crippen molar-refractivity contribution >= 4 is 27.5 Å². The summed E-state index contributed by atoms with van der Waals surface area (Å²) in [6, 6.07) is 6.13. The summed E-state index contributed by atoms with van der Waals surface area (Å²) in [6.07, 6.45) is 1.45. The number of hydrogen-bond donors (Lipinski definition) is 1. The zero-order chi connectivity index (χ0) is 13.1. The van der Waals surface area contributed by atoms with Crippen LogP contribution < -0.4 is 10.5 Å². The molecule has 1 heterocycles. The van der Waals surface area contributed by atoms with Crippen LogP contribution in [0.3, 0.4) is 0 Å². The number of nitrogens with zero attached hydrogens (tertiary/aromatic N) is 1. The van der Waals surface area contributed by atoms with Crippen LogP contribution in [0.5, 0.6) is 11.6 Å². The summed E-state index contributed by atoms with van der Waals surface area (Å²) in [4.78, 5) is 4.00. The Morgan fingerprint density at radius 3 is 2.78 bits per heavy atom. The predicted octanol–water partition coefficient (Wildman–Crippen LogP) is 3.89. The van der Waals surface area contributed by atoms with E-state index in [2.05, 4.69) is 20.9 Å². The molecule has 0 atom stereocenters. The lowest BCUT2D eigenvalue weighted by Crippen LogP contribution is -2.00. The van der Waals surface area contributed by atoms with Gasteiger partial charge in [0, 0.05) is 24.4 Å². The minimum Gasteiger partial charge on any atom is -0.438 e. The predicted molar refractivity (Wildman–Crippen MR) is 71.3 cm³/mol. The quantitative estimate of drug-likeness (QED) is 0.928. The third-order valence-corrected chi connectivity index (χ3v) is 3.01. The van der Waals surface area contributed by atoms with Crippen molar-refractivity contribution in [2.24, 2.45) is 5.73 Å². The maximum absolute atomic E-state index is 13.5. The van der Waals surface area contributed by atoms with Crippen LogP contribution in [0, 0.1) is 5.82 Å². The van der Waals surface area contributed by atoms with Crippen LogP contribution in [0.25, 0.3) is 0 Å². The van der Waals surface area contributed by atoms with Crippen molar-refractivity contribution in [2.75, 3.05) is 0 Å². The van der Waals surface area contributed by atoms with E-state index in [1.807, 2.05) is 0 Å².